The van der Waals surface area contributed by atoms with Crippen molar-refractivity contribution in [1.82, 2.24) is 0 Å². The maximum Gasteiger partial charge on any atom is 0.446 e. The fourth-order valence-corrected chi connectivity index (χ4v) is 2.43. The Labute approximate surface area is 120 Å². The second-order valence-electron chi connectivity index (χ2n) is 3.47. The number of ketones is 1. The van der Waals surface area contributed by atoms with E-state index in [0.29, 0.717) is 10.9 Å². The molecule has 18 heavy (non-hydrogen) atoms. The van der Waals surface area contributed by atoms with Crippen molar-refractivity contribution in [3.63, 3.8) is 0 Å². The third-order valence-corrected chi connectivity index (χ3v) is 3.84. The first-order chi connectivity index (χ1) is 8.35. The summed E-state index contributed by atoms with van der Waals surface area (Å²) in [5, 5.41) is 0.520. The summed E-state index contributed by atoms with van der Waals surface area (Å²) in [6.45, 7) is 0. The molecule has 1 aromatic rings. The summed E-state index contributed by atoms with van der Waals surface area (Å²) >= 11 is 8.38. The molecular formula is C11H9BrClF3OS. The number of benzene rings is 1. The Morgan fingerprint density at radius 2 is 2.06 bits per heavy atom. The molecule has 0 unspecified atom stereocenters. The number of halogens is 5. The lowest BCUT2D eigenvalue weighted by molar-refractivity contribution is -0.116. The largest absolute Gasteiger partial charge is 0.446 e. The zero-order valence-electron chi connectivity index (χ0n) is 9.06. The lowest BCUT2D eigenvalue weighted by Gasteiger charge is -2.11. The standard InChI is InChI=1S/C11H9BrClF3OS/c12-5-7-1-2-10(18-11(14,15)16)8(3-7)4-9(17)6-13/h1-3H,4-6H2. The molecule has 0 heterocycles. The molecule has 0 aliphatic rings. The molecule has 0 N–H and O–H groups in total. The van der Waals surface area contributed by atoms with Crippen LogP contribution in [0.3, 0.4) is 0 Å². The molecule has 0 radical (unpaired) electrons. The molecule has 0 amide bonds. The van der Waals surface area contributed by atoms with E-state index in [-0.39, 0.29) is 34.7 Å². The number of carbonyl (C=O) groups excluding carboxylic acids is 1. The lowest BCUT2D eigenvalue weighted by Crippen LogP contribution is -2.07. The molecule has 0 aromatic heterocycles. The van der Waals surface area contributed by atoms with E-state index in [1.807, 2.05) is 0 Å². The Hall–Kier alpha value is -0.200. The molecule has 100 valence electrons. The van der Waals surface area contributed by atoms with Crippen LogP contribution >= 0.6 is 39.3 Å². The lowest BCUT2D eigenvalue weighted by atomic mass is 10.1. The molecule has 0 atom stereocenters. The van der Waals surface area contributed by atoms with Gasteiger partial charge in [0.25, 0.3) is 0 Å². The number of rotatable bonds is 5. The van der Waals surface area contributed by atoms with E-state index in [1.165, 1.54) is 6.07 Å². The van der Waals surface area contributed by atoms with Gasteiger partial charge in [-0.25, -0.2) is 0 Å². The van der Waals surface area contributed by atoms with E-state index in [9.17, 15) is 18.0 Å². The molecule has 1 nitrogen and oxygen atoms in total. The highest BCUT2D eigenvalue weighted by atomic mass is 79.9. The van der Waals surface area contributed by atoms with Gasteiger partial charge >= 0.3 is 5.51 Å². The van der Waals surface area contributed by atoms with Gasteiger partial charge in [-0.3, -0.25) is 4.79 Å². The van der Waals surface area contributed by atoms with E-state index in [4.69, 9.17) is 11.6 Å². The second-order valence-corrected chi connectivity index (χ2v) is 5.41. The highest BCUT2D eigenvalue weighted by Gasteiger charge is 2.30. The van der Waals surface area contributed by atoms with Crippen molar-refractivity contribution in [1.29, 1.82) is 0 Å². The summed E-state index contributed by atoms with van der Waals surface area (Å²) in [5.74, 6) is -0.498. The summed E-state index contributed by atoms with van der Waals surface area (Å²) in [7, 11) is 0. The first-order valence-corrected chi connectivity index (χ1v) is 7.34. The fraction of sp³-hybridized carbons (Fsp3) is 0.364. The highest BCUT2D eigenvalue weighted by molar-refractivity contribution is 9.08. The Balaban J connectivity index is 3.04. The summed E-state index contributed by atoms with van der Waals surface area (Å²) in [5.41, 5.74) is -3.19. The number of thioether (sulfide) groups is 1. The molecule has 0 spiro atoms. The molecule has 0 saturated carbocycles. The quantitative estimate of drug-likeness (QED) is 0.565. The van der Waals surface area contributed by atoms with Gasteiger partial charge in [0.2, 0.25) is 0 Å². The van der Waals surface area contributed by atoms with E-state index < -0.39 is 5.51 Å². The van der Waals surface area contributed by atoms with Crippen LogP contribution in [0.2, 0.25) is 0 Å². The van der Waals surface area contributed by atoms with Crippen molar-refractivity contribution in [3.8, 4) is 0 Å². The van der Waals surface area contributed by atoms with Crippen LogP contribution < -0.4 is 0 Å². The molecule has 7 heteroatoms. The van der Waals surface area contributed by atoms with Crippen molar-refractivity contribution in [2.24, 2.45) is 0 Å². The summed E-state index contributed by atoms with van der Waals surface area (Å²) in [6, 6.07) is 4.57. The zero-order chi connectivity index (χ0) is 13.8. The minimum Gasteiger partial charge on any atom is -0.298 e. The Morgan fingerprint density at radius 3 is 2.56 bits per heavy atom. The van der Waals surface area contributed by atoms with Crippen LogP contribution in [-0.2, 0) is 16.5 Å². The normalized spacial score (nSPS) is 11.6. The number of hydrogen-bond donors (Lipinski definition) is 0. The van der Waals surface area contributed by atoms with Gasteiger partial charge in [-0.2, -0.15) is 13.2 Å². The van der Waals surface area contributed by atoms with Crippen LogP contribution in [0.1, 0.15) is 11.1 Å². The van der Waals surface area contributed by atoms with Gasteiger partial charge in [-0.15, -0.1) is 11.6 Å². The van der Waals surface area contributed by atoms with Crippen LogP contribution in [-0.4, -0.2) is 17.2 Å². The minimum atomic E-state index is -4.37. The number of Topliss-reactive ketones (excluding diaryl/α,β-unsaturated/α-hetero) is 1. The predicted molar refractivity (Wildman–Crippen MR) is 70.4 cm³/mol. The summed E-state index contributed by atoms with van der Waals surface area (Å²) in [6.07, 6.45) is -0.0806. The maximum atomic E-state index is 12.4. The Morgan fingerprint density at radius 1 is 1.39 bits per heavy atom. The van der Waals surface area contributed by atoms with Gasteiger partial charge in [0.1, 0.15) is 0 Å². The molecule has 0 fully saturated rings. The molecule has 1 aromatic carbocycles. The van der Waals surface area contributed by atoms with E-state index >= 15 is 0 Å². The predicted octanol–water partition coefficient (Wildman–Crippen LogP) is 4.54. The van der Waals surface area contributed by atoms with Crippen LogP contribution in [0.15, 0.2) is 23.1 Å². The summed E-state index contributed by atoms with van der Waals surface area (Å²) in [4.78, 5) is 11.3. The Kier molecular flexibility index (Phi) is 6.01. The molecule has 0 bridgehead atoms. The topological polar surface area (TPSA) is 17.1 Å². The van der Waals surface area contributed by atoms with E-state index in [1.54, 1.807) is 12.1 Å². The monoisotopic (exact) mass is 360 g/mol. The van der Waals surface area contributed by atoms with E-state index in [0.717, 1.165) is 5.56 Å². The molecule has 1 rings (SSSR count). The molecule has 0 aliphatic carbocycles. The van der Waals surface area contributed by atoms with Crippen LogP contribution in [0.4, 0.5) is 13.2 Å². The Bertz CT molecular complexity index is 437. The van der Waals surface area contributed by atoms with E-state index in [2.05, 4.69) is 15.9 Å². The first kappa shape index (κ1) is 15.9. The first-order valence-electron chi connectivity index (χ1n) is 4.87. The average Bonchev–Trinajstić information content (AvgIpc) is 2.29. The van der Waals surface area contributed by atoms with Gasteiger partial charge in [0.05, 0.1) is 5.88 Å². The molecular weight excluding hydrogens is 353 g/mol. The third kappa shape index (κ3) is 5.20. The van der Waals surface area contributed by atoms with Crippen molar-refractivity contribution in [3.05, 3.63) is 29.3 Å². The molecule has 0 aliphatic heterocycles. The molecule has 0 saturated heterocycles. The zero-order valence-corrected chi connectivity index (χ0v) is 12.2. The van der Waals surface area contributed by atoms with Crippen LogP contribution in [0.5, 0.6) is 0 Å². The summed E-state index contributed by atoms with van der Waals surface area (Å²) < 4.78 is 37.1. The smallest absolute Gasteiger partial charge is 0.298 e. The van der Waals surface area contributed by atoms with Gasteiger partial charge in [0.15, 0.2) is 5.78 Å². The highest BCUT2D eigenvalue weighted by Crippen LogP contribution is 2.39. The number of alkyl halides is 5. The maximum absolute atomic E-state index is 12.4. The van der Waals surface area contributed by atoms with Crippen LogP contribution in [0, 0.1) is 0 Å². The minimum absolute atomic E-state index is 0.0469. The third-order valence-electron chi connectivity index (χ3n) is 2.04. The number of carbonyl (C=O) groups is 1. The van der Waals surface area contributed by atoms with Gasteiger partial charge < -0.3 is 0 Å². The van der Waals surface area contributed by atoms with Crippen molar-refractivity contribution in [2.45, 2.75) is 22.2 Å². The van der Waals surface area contributed by atoms with Gasteiger partial charge in [-0.1, -0.05) is 28.1 Å². The number of hydrogen-bond acceptors (Lipinski definition) is 2. The van der Waals surface area contributed by atoms with Crippen LogP contribution in [0.25, 0.3) is 0 Å². The SMILES string of the molecule is O=C(CCl)Cc1cc(CBr)ccc1SC(F)(F)F. The second kappa shape index (κ2) is 6.82. The van der Waals surface area contributed by atoms with Crippen molar-refractivity contribution >= 4 is 45.1 Å². The van der Waals surface area contributed by atoms with Crippen molar-refractivity contribution < 1.29 is 18.0 Å². The fourth-order valence-electron chi connectivity index (χ4n) is 1.34. The van der Waals surface area contributed by atoms with Gasteiger partial charge in [-0.05, 0) is 29.0 Å². The van der Waals surface area contributed by atoms with Gasteiger partial charge in [0, 0.05) is 16.6 Å². The van der Waals surface area contributed by atoms with Crippen molar-refractivity contribution in [2.75, 3.05) is 5.88 Å². The average molecular weight is 362 g/mol.